The number of benzene rings is 1. The van der Waals surface area contributed by atoms with Crippen LogP contribution in [0.25, 0.3) is 10.9 Å². The normalized spacial score (nSPS) is 15.8. The smallest absolute Gasteiger partial charge is 0.0459 e. The molecule has 0 bridgehead atoms. The molecule has 17 heavy (non-hydrogen) atoms. The maximum absolute atomic E-state index is 5.70. The van der Waals surface area contributed by atoms with Crippen LogP contribution in [0.3, 0.4) is 0 Å². The summed E-state index contributed by atoms with van der Waals surface area (Å²) >= 11 is 0. The summed E-state index contributed by atoms with van der Waals surface area (Å²) in [6, 6.07) is 4.55. The van der Waals surface area contributed by atoms with Gasteiger partial charge in [-0.05, 0) is 61.4 Å². The average Bonchev–Trinajstić information content (AvgIpc) is 2.61. The van der Waals surface area contributed by atoms with Crippen LogP contribution < -0.4 is 5.73 Å². The molecule has 2 heteroatoms. The van der Waals surface area contributed by atoms with Crippen molar-refractivity contribution in [1.29, 1.82) is 0 Å². The molecule has 1 heterocycles. The Labute approximate surface area is 102 Å². The lowest BCUT2D eigenvalue weighted by Gasteiger charge is -2.09. The van der Waals surface area contributed by atoms with E-state index in [0.717, 1.165) is 13.0 Å². The molecule has 1 aromatic heterocycles. The Morgan fingerprint density at radius 1 is 1.12 bits per heavy atom. The molecule has 0 amide bonds. The van der Waals surface area contributed by atoms with Crippen LogP contribution in [-0.4, -0.2) is 11.5 Å². The second-order valence-electron chi connectivity index (χ2n) is 5.04. The van der Waals surface area contributed by atoms with Crippen LogP contribution in [0.5, 0.6) is 0 Å². The van der Waals surface area contributed by atoms with Gasteiger partial charge in [0, 0.05) is 17.1 Å². The third kappa shape index (κ3) is 1.87. The van der Waals surface area contributed by atoms with Gasteiger partial charge in [0.25, 0.3) is 0 Å². The average molecular weight is 228 g/mol. The van der Waals surface area contributed by atoms with Gasteiger partial charge in [-0.15, -0.1) is 0 Å². The Morgan fingerprint density at radius 2 is 2.00 bits per heavy atom. The van der Waals surface area contributed by atoms with E-state index >= 15 is 0 Å². The lowest BCUT2D eigenvalue weighted by atomic mass is 9.96. The van der Waals surface area contributed by atoms with Crippen molar-refractivity contribution in [3.8, 4) is 0 Å². The van der Waals surface area contributed by atoms with Crippen molar-refractivity contribution >= 4 is 10.9 Å². The number of aromatic nitrogens is 1. The minimum Gasteiger partial charge on any atom is -0.361 e. The number of hydrogen-bond donors (Lipinski definition) is 2. The Bertz CT molecular complexity index is 525. The van der Waals surface area contributed by atoms with Gasteiger partial charge in [0.05, 0.1) is 0 Å². The van der Waals surface area contributed by atoms with E-state index in [4.69, 9.17) is 5.73 Å². The van der Waals surface area contributed by atoms with E-state index in [1.165, 1.54) is 48.6 Å². The third-order valence-electron chi connectivity index (χ3n) is 3.92. The Morgan fingerprint density at radius 3 is 2.88 bits per heavy atom. The van der Waals surface area contributed by atoms with Gasteiger partial charge in [0.15, 0.2) is 0 Å². The van der Waals surface area contributed by atoms with E-state index in [9.17, 15) is 0 Å². The molecular formula is C15H20N2. The molecule has 0 saturated carbocycles. The first-order valence-corrected chi connectivity index (χ1v) is 6.71. The predicted octanol–water partition coefficient (Wildman–Crippen LogP) is 2.94. The zero-order valence-corrected chi connectivity index (χ0v) is 10.3. The molecule has 3 N–H and O–H groups in total. The molecule has 2 aromatic rings. The second kappa shape index (κ2) is 4.53. The number of aromatic amines is 1. The second-order valence-corrected chi connectivity index (χ2v) is 5.04. The Kier molecular flexibility index (Phi) is 2.89. The molecule has 0 aliphatic heterocycles. The fraction of sp³-hybridized carbons (Fsp3) is 0.467. The van der Waals surface area contributed by atoms with Crippen LogP contribution in [0, 0.1) is 0 Å². The lowest BCUT2D eigenvalue weighted by Crippen LogP contribution is -2.03. The van der Waals surface area contributed by atoms with E-state index in [-0.39, 0.29) is 0 Å². The zero-order valence-electron chi connectivity index (χ0n) is 10.3. The molecule has 1 aromatic carbocycles. The van der Waals surface area contributed by atoms with Crippen molar-refractivity contribution in [2.24, 2.45) is 5.73 Å². The minimum absolute atomic E-state index is 0.733. The summed E-state index contributed by atoms with van der Waals surface area (Å²) in [4.78, 5) is 3.39. The monoisotopic (exact) mass is 228 g/mol. The number of nitrogens with one attached hydrogen (secondary N) is 1. The fourth-order valence-corrected chi connectivity index (χ4v) is 3.08. The molecule has 1 aliphatic rings. The quantitative estimate of drug-likeness (QED) is 0.762. The number of aryl methyl sites for hydroxylation is 2. The molecule has 0 spiro atoms. The highest BCUT2D eigenvalue weighted by atomic mass is 14.7. The maximum Gasteiger partial charge on any atom is 0.0459 e. The summed E-state index contributed by atoms with van der Waals surface area (Å²) in [7, 11) is 0. The van der Waals surface area contributed by atoms with Crippen molar-refractivity contribution in [3.05, 3.63) is 35.0 Å². The zero-order chi connectivity index (χ0) is 11.7. The minimum atomic E-state index is 0.733. The van der Waals surface area contributed by atoms with Crippen LogP contribution >= 0.6 is 0 Å². The third-order valence-corrected chi connectivity index (χ3v) is 3.92. The number of rotatable bonds is 2. The van der Waals surface area contributed by atoms with Crippen molar-refractivity contribution in [1.82, 2.24) is 4.98 Å². The summed E-state index contributed by atoms with van der Waals surface area (Å²) in [5, 5.41) is 1.47. The summed E-state index contributed by atoms with van der Waals surface area (Å²) in [6.45, 7) is 0.733. The van der Waals surface area contributed by atoms with E-state index in [1.807, 2.05) is 0 Å². The molecule has 0 radical (unpaired) electrons. The lowest BCUT2D eigenvalue weighted by molar-refractivity contribution is 0.712. The van der Waals surface area contributed by atoms with Gasteiger partial charge >= 0.3 is 0 Å². The van der Waals surface area contributed by atoms with Crippen molar-refractivity contribution in [2.45, 2.75) is 38.5 Å². The molecule has 0 atom stereocenters. The standard InChI is InChI=1S/C15H20N2/c16-9-8-12-10-17-14-7-6-11-4-2-1-3-5-13(11)15(12)14/h6-7,10,17H,1-5,8-9,16H2. The molecule has 90 valence electrons. The summed E-state index contributed by atoms with van der Waals surface area (Å²) in [5.74, 6) is 0. The molecular weight excluding hydrogens is 208 g/mol. The highest BCUT2D eigenvalue weighted by Crippen LogP contribution is 2.30. The van der Waals surface area contributed by atoms with E-state index in [0.29, 0.717) is 0 Å². The van der Waals surface area contributed by atoms with Crippen molar-refractivity contribution in [2.75, 3.05) is 6.54 Å². The topological polar surface area (TPSA) is 41.8 Å². The number of fused-ring (bicyclic) bond motifs is 3. The highest BCUT2D eigenvalue weighted by molar-refractivity contribution is 5.88. The first kappa shape index (κ1) is 10.8. The first-order valence-electron chi connectivity index (χ1n) is 6.71. The van der Waals surface area contributed by atoms with Gasteiger partial charge in [0.1, 0.15) is 0 Å². The van der Waals surface area contributed by atoms with E-state index in [1.54, 1.807) is 11.1 Å². The Balaban J connectivity index is 2.19. The van der Waals surface area contributed by atoms with Gasteiger partial charge in [0.2, 0.25) is 0 Å². The molecule has 0 unspecified atom stereocenters. The van der Waals surface area contributed by atoms with Gasteiger partial charge in [-0.3, -0.25) is 0 Å². The first-order chi connectivity index (χ1) is 8.40. The van der Waals surface area contributed by atoms with Crippen molar-refractivity contribution < 1.29 is 0 Å². The van der Waals surface area contributed by atoms with Crippen molar-refractivity contribution in [3.63, 3.8) is 0 Å². The predicted molar refractivity (Wildman–Crippen MR) is 72.3 cm³/mol. The van der Waals surface area contributed by atoms with Gasteiger partial charge in [-0.1, -0.05) is 12.5 Å². The maximum atomic E-state index is 5.70. The number of nitrogens with two attached hydrogens (primary N) is 1. The summed E-state index contributed by atoms with van der Waals surface area (Å²) < 4.78 is 0. The fourth-order valence-electron chi connectivity index (χ4n) is 3.08. The number of hydrogen-bond acceptors (Lipinski definition) is 1. The summed E-state index contributed by atoms with van der Waals surface area (Å²) in [6.07, 6.45) is 9.65. The van der Waals surface area contributed by atoms with E-state index in [2.05, 4.69) is 23.3 Å². The highest BCUT2D eigenvalue weighted by Gasteiger charge is 2.14. The SMILES string of the molecule is NCCc1c[nH]c2ccc3c(c12)CCCCC3. The molecule has 1 aliphatic carbocycles. The van der Waals surface area contributed by atoms with Gasteiger partial charge in [-0.2, -0.15) is 0 Å². The summed E-state index contributed by atoms with van der Waals surface area (Å²) in [5.41, 5.74) is 11.5. The Hall–Kier alpha value is -1.28. The van der Waals surface area contributed by atoms with Gasteiger partial charge < -0.3 is 10.7 Å². The van der Waals surface area contributed by atoms with Crippen LogP contribution in [0.1, 0.15) is 36.0 Å². The van der Waals surface area contributed by atoms with Crippen LogP contribution in [-0.2, 0) is 19.3 Å². The molecule has 3 rings (SSSR count). The van der Waals surface area contributed by atoms with Gasteiger partial charge in [-0.25, -0.2) is 0 Å². The van der Waals surface area contributed by atoms with E-state index < -0.39 is 0 Å². The largest absolute Gasteiger partial charge is 0.361 e. The molecule has 0 fully saturated rings. The van der Waals surface area contributed by atoms with Crippen LogP contribution in [0.15, 0.2) is 18.3 Å². The molecule has 2 nitrogen and oxygen atoms in total. The van der Waals surface area contributed by atoms with Crippen LogP contribution in [0.2, 0.25) is 0 Å². The number of H-pyrrole nitrogens is 1. The molecule has 0 saturated heterocycles. The van der Waals surface area contributed by atoms with Crippen LogP contribution in [0.4, 0.5) is 0 Å².